The van der Waals surface area contributed by atoms with Crippen LogP contribution in [0.2, 0.25) is 0 Å². The predicted molar refractivity (Wildman–Crippen MR) is 59.0 cm³/mol. The molecule has 19 heavy (non-hydrogen) atoms. The van der Waals surface area contributed by atoms with Crippen LogP contribution in [-0.2, 0) is 16.9 Å². The van der Waals surface area contributed by atoms with Crippen molar-refractivity contribution in [3.8, 4) is 0 Å². The van der Waals surface area contributed by atoms with Crippen LogP contribution in [0.25, 0.3) is 0 Å². The van der Waals surface area contributed by atoms with Crippen molar-refractivity contribution in [3.63, 3.8) is 0 Å². The Labute approximate surface area is 108 Å². The van der Waals surface area contributed by atoms with Crippen LogP contribution in [0.15, 0.2) is 6.20 Å². The van der Waals surface area contributed by atoms with Gasteiger partial charge in [0.1, 0.15) is 5.69 Å². The molecule has 0 fully saturated rings. The van der Waals surface area contributed by atoms with Gasteiger partial charge in [0, 0.05) is 13.2 Å². The second-order valence-electron chi connectivity index (χ2n) is 3.81. The number of aliphatic hydroxyl groups is 1. The summed E-state index contributed by atoms with van der Waals surface area (Å²) in [6.07, 6.45) is -1.74. The second-order valence-corrected chi connectivity index (χ2v) is 3.81. The smallest absolute Gasteiger partial charge is 0.283 e. The molecular weight excluding hydrogens is 264 g/mol. The van der Waals surface area contributed by atoms with E-state index >= 15 is 0 Å². The lowest BCUT2D eigenvalue weighted by Gasteiger charge is -2.24. The van der Waals surface area contributed by atoms with Crippen LogP contribution in [0.1, 0.15) is 29.4 Å². The molecule has 0 aromatic carbocycles. The number of hydrogen-bond acceptors (Lipinski definition) is 5. The van der Waals surface area contributed by atoms with Crippen LogP contribution in [0, 0.1) is 0 Å². The van der Waals surface area contributed by atoms with Crippen molar-refractivity contribution in [2.24, 2.45) is 7.05 Å². The number of rotatable bonds is 6. The van der Waals surface area contributed by atoms with Crippen molar-refractivity contribution in [2.45, 2.75) is 19.4 Å². The second kappa shape index (κ2) is 6.55. The molecule has 0 saturated heterocycles. The topological polar surface area (TPSA) is 76.8 Å². The molecule has 0 aliphatic heterocycles. The lowest BCUT2D eigenvalue weighted by Crippen LogP contribution is -2.40. The Morgan fingerprint density at radius 2 is 2.26 bits per heavy atom. The fourth-order valence-corrected chi connectivity index (χ4v) is 1.41. The highest BCUT2D eigenvalue weighted by Gasteiger charge is 2.30. The van der Waals surface area contributed by atoms with Crippen molar-refractivity contribution >= 4 is 5.91 Å². The predicted octanol–water partition coefficient (Wildman–Crippen LogP) is 0.674. The van der Waals surface area contributed by atoms with E-state index in [1.54, 1.807) is 0 Å². The average Bonchev–Trinajstić information content (AvgIpc) is 2.76. The summed E-state index contributed by atoms with van der Waals surface area (Å²) in [6, 6.07) is -0.766. The summed E-state index contributed by atoms with van der Waals surface area (Å²) >= 11 is 0. The molecule has 1 heterocycles. The Morgan fingerprint density at radius 1 is 1.63 bits per heavy atom. The summed E-state index contributed by atoms with van der Waals surface area (Å²) in [5, 5.41) is 13.2. The molecular formula is C10H15F2N3O4. The molecule has 0 saturated carbocycles. The minimum atomic E-state index is -2.89. The van der Waals surface area contributed by atoms with Gasteiger partial charge in [0.2, 0.25) is 0 Å². The highest BCUT2D eigenvalue weighted by Crippen LogP contribution is 2.23. The van der Waals surface area contributed by atoms with Crippen LogP contribution < -0.4 is 0 Å². The number of hydroxylamine groups is 2. The summed E-state index contributed by atoms with van der Waals surface area (Å²) in [6.45, 7) is 1.05. The molecule has 1 rings (SSSR count). The molecule has 0 radical (unpaired) electrons. The minimum absolute atomic E-state index is 0.310. The number of hydrogen-bond donors (Lipinski definition) is 1. The van der Waals surface area contributed by atoms with E-state index < -0.39 is 30.7 Å². The van der Waals surface area contributed by atoms with Gasteiger partial charge in [-0.25, -0.2) is 13.7 Å². The van der Waals surface area contributed by atoms with E-state index in [-0.39, 0.29) is 5.56 Å². The van der Waals surface area contributed by atoms with Crippen molar-refractivity contribution in [3.05, 3.63) is 17.5 Å². The summed E-state index contributed by atoms with van der Waals surface area (Å²) in [7, 11) is 2.57. The van der Waals surface area contributed by atoms with Crippen molar-refractivity contribution in [1.82, 2.24) is 14.8 Å². The van der Waals surface area contributed by atoms with E-state index in [2.05, 4.69) is 15.0 Å². The van der Waals surface area contributed by atoms with Crippen molar-refractivity contribution < 1.29 is 28.6 Å². The number of alkyl halides is 2. The van der Waals surface area contributed by atoms with E-state index in [0.29, 0.717) is 5.06 Å². The Balaban J connectivity index is 3.08. The van der Waals surface area contributed by atoms with Crippen LogP contribution in [0.4, 0.5) is 8.78 Å². The van der Waals surface area contributed by atoms with E-state index in [0.717, 1.165) is 18.0 Å². The van der Waals surface area contributed by atoms with Gasteiger partial charge in [0.15, 0.2) is 0 Å². The van der Waals surface area contributed by atoms with E-state index in [4.69, 9.17) is 5.11 Å². The van der Waals surface area contributed by atoms with E-state index in [9.17, 15) is 13.6 Å². The molecule has 0 spiro atoms. The Kier molecular flexibility index (Phi) is 5.33. The van der Waals surface area contributed by atoms with Gasteiger partial charge in [-0.2, -0.15) is 10.2 Å². The SMILES string of the molecule is COON(C(=O)c1cn(C)nc1C(F)F)C(C)CO. The molecule has 7 nitrogen and oxygen atoms in total. The van der Waals surface area contributed by atoms with Crippen molar-refractivity contribution in [1.29, 1.82) is 0 Å². The maximum Gasteiger partial charge on any atom is 0.283 e. The standard InChI is InChI=1S/C10H15F2N3O4/c1-6(5-16)15(19-18-3)10(17)7-4-14(2)13-8(7)9(11)12/h4,6,9,16H,5H2,1-3H3. The minimum Gasteiger partial charge on any atom is -0.394 e. The third kappa shape index (κ3) is 3.46. The van der Waals surface area contributed by atoms with E-state index in [1.807, 2.05) is 0 Å². The van der Waals surface area contributed by atoms with Gasteiger partial charge in [0.25, 0.3) is 12.3 Å². The van der Waals surface area contributed by atoms with Crippen LogP contribution in [0.5, 0.6) is 0 Å². The fourth-order valence-electron chi connectivity index (χ4n) is 1.41. The molecule has 1 amide bonds. The molecule has 9 heteroatoms. The number of aromatic nitrogens is 2. The third-order valence-electron chi connectivity index (χ3n) is 2.31. The van der Waals surface area contributed by atoms with Gasteiger partial charge in [-0.1, -0.05) is 0 Å². The lowest BCUT2D eigenvalue weighted by atomic mass is 10.2. The number of carbonyl (C=O) groups is 1. The molecule has 0 bridgehead atoms. The van der Waals surface area contributed by atoms with Gasteiger partial charge in [-0.15, -0.1) is 4.99 Å². The molecule has 1 atom stereocenters. The van der Waals surface area contributed by atoms with E-state index in [1.165, 1.54) is 14.0 Å². The molecule has 1 N–H and O–H groups in total. The highest BCUT2D eigenvalue weighted by molar-refractivity contribution is 5.94. The Hall–Kier alpha value is -1.58. The number of aryl methyl sites for hydroxylation is 1. The maximum absolute atomic E-state index is 12.8. The van der Waals surface area contributed by atoms with Crippen molar-refractivity contribution in [2.75, 3.05) is 13.7 Å². The largest absolute Gasteiger partial charge is 0.394 e. The first-order valence-corrected chi connectivity index (χ1v) is 5.39. The lowest BCUT2D eigenvalue weighted by molar-refractivity contribution is -0.400. The first-order valence-electron chi connectivity index (χ1n) is 5.39. The quantitative estimate of drug-likeness (QED) is 0.612. The number of halogens is 2. The maximum atomic E-state index is 12.8. The van der Waals surface area contributed by atoms with Crippen LogP contribution in [-0.4, -0.2) is 45.6 Å². The molecule has 108 valence electrons. The molecule has 0 aliphatic carbocycles. The Bertz CT molecular complexity index is 438. The normalized spacial score (nSPS) is 12.8. The molecule has 1 aromatic rings. The van der Waals surface area contributed by atoms with Crippen LogP contribution in [0.3, 0.4) is 0 Å². The van der Waals surface area contributed by atoms with Gasteiger partial charge in [-0.3, -0.25) is 9.48 Å². The van der Waals surface area contributed by atoms with Gasteiger partial charge >= 0.3 is 0 Å². The number of aliphatic hydroxyl groups excluding tert-OH is 1. The van der Waals surface area contributed by atoms with Gasteiger partial charge < -0.3 is 5.11 Å². The van der Waals surface area contributed by atoms with Crippen LogP contribution >= 0.6 is 0 Å². The first kappa shape index (κ1) is 15.5. The molecule has 1 unspecified atom stereocenters. The highest BCUT2D eigenvalue weighted by atomic mass is 19.3. The number of carbonyl (C=O) groups excluding carboxylic acids is 1. The zero-order valence-electron chi connectivity index (χ0n) is 10.7. The summed E-state index contributed by atoms with van der Waals surface area (Å²) < 4.78 is 26.6. The average molecular weight is 279 g/mol. The fraction of sp³-hybridized carbons (Fsp3) is 0.600. The zero-order chi connectivity index (χ0) is 14.6. The third-order valence-corrected chi connectivity index (χ3v) is 2.31. The molecule has 1 aromatic heterocycles. The van der Waals surface area contributed by atoms with Gasteiger partial charge in [0.05, 0.1) is 25.3 Å². The zero-order valence-corrected chi connectivity index (χ0v) is 10.7. The number of nitrogens with zero attached hydrogens (tertiary/aromatic N) is 3. The monoisotopic (exact) mass is 279 g/mol. The Morgan fingerprint density at radius 3 is 2.74 bits per heavy atom. The molecule has 0 aliphatic rings. The number of amides is 1. The summed E-state index contributed by atoms with van der Waals surface area (Å²) in [5.41, 5.74) is -0.961. The summed E-state index contributed by atoms with van der Waals surface area (Å²) in [4.78, 5) is 21.0. The first-order chi connectivity index (χ1) is 8.92. The van der Waals surface area contributed by atoms with Gasteiger partial charge in [-0.05, 0) is 6.92 Å². The summed E-state index contributed by atoms with van der Waals surface area (Å²) in [5.74, 6) is -0.869.